The van der Waals surface area contributed by atoms with Gasteiger partial charge in [0.15, 0.2) is 0 Å². The van der Waals surface area contributed by atoms with Crippen LogP contribution in [-0.2, 0) is 6.54 Å². The molecule has 11 heteroatoms. The number of amides is 2. The van der Waals surface area contributed by atoms with E-state index in [1.54, 1.807) is 4.90 Å². The van der Waals surface area contributed by atoms with Crippen molar-refractivity contribution in [2.45, 2.75) is 63.2 Å². The van der Waals surface area contributed by atoms with Crippen molar-refractivity contribution in [2.75, 3.05) is 39.3 Å². The number of nitrogens with zero attached hydrogens (tertiary/aromatic N) is 4. The van der Waals surface area contributed by atoms with E-state index < -0.39 is 37.4 Å². The summed E-state index contributed by atoms with van der Waals surface area (Å²) >= 11 is 0. The van der Waals surface area contributed by atoms with Crippen LogP contribution in [0.4, 0.5) is 22.0 Å². The molecule has 0 saturated carbocycles. The molecule has 0 N–H and O–H groups in total. The van der Waals surface area contributed by atoms with Crippen LogP contribution >= 0.6 is 0 Å². The third-order valence-corrected chi connectivity index (χ3v) is 7.90. The van der Waals surface area contributed by atoms with Crippen LogP contribution in [0.5, 0.6) is 0 Å². The molecule has 3 fully saturated rings. The highest BCUT2D eigenvalue weighted by molar-refractivity contribution is 6.02. The molecule has 0 unspecified atom stereocenters. The first-order chi connectivity index (χ1) is 17.5. The summed E-state index contributed by atoms with van der Waals surface area (Å²) in [6.07, 6.45) is -1.43. The molecule has 37 heavy (non-hydrogen) atoms. The molecule has 6 nitrogen and oxygen atoms in total. The molecule has 2 aromatic rings. The van der Waals surface area contributed by atoms with E-state index in [-0.39, 0.29) is 30.2 Å². The molecule has 3 aliphatic rings. The molecule has 0 radical (unpaired) electrons. The number of rotatable bonds is 4. The molecule has 1 aromatic carbocycles. The van der Waals surface area contributed by atoms with Crippen LogP contribution < -0.4 is 0 Å². The van der Waals surface area contributed by atoms with Gasteiger partial charge in [-0.25, -0.2) is 8.78 Å². The van der Waals surface area contributed by atoms with Crippen molar-refractivity contribution < 1.29 is 31.5 Å². The highest BCUT2D eigenvalue weighted by Crippen LogP contribution is 2.31. The molecule has 4 heterocycles. The zero-order chi connectivity index (χ0) is 26.4. The number of carbonyl (C=O) groups is 2. The van der Waals surface area contributed by atoms with Crippen LogP contribution in [0.1, 0.15) is 59.4 Å². The molecule has 5 rings (SSSR count). The van der Waals surface area contributed by atoms with Gasteiger partial charge in [0, 0.05) is 61.5 Å². The number of fused-ring (bicyclic) bond motifs is 1. The SMILES string of the molecule is O=C(c1ccc2c(c1)cc(C(=O)N1CCC(F)(F)CC1)n2CC(F)(F)F)N1CCC(N2CCCC2)CC1. The first kappa shape index (κ1) is 25.9. The predicted octanol–water partition coefficient (Wildman–Crippen LogP) is 4.78. The molecule has 0 atom stereocenters. The number of likely N-dealkylation sites (tertiary alicyclic amines) is 3. The second kappa shape index (κ2) is 9.89. The number of hydrogen-bond donors (Lipinski definition) is 0. The van der Waals surface area contributed by atoms with Gasteiger partial charge in [0.05, 0.1) is 0 Å². The molecule has 3 saturated heterocycles. The average Bonchev–Trinajstić information content (AvgIpc) is 3.51. The maximum absolute atomic E-state index is 13.6. The van der Waals surface area contributed by atoms with Crippen LogP contribution in [0.25, 0.3) is 10.9 Å². The Morgan fingerprint density at radius 2 is 1.49 bits per heavy atom. The Balaban J connectivity index is 1.37. The number of alkyl halides is 5. The van der Waals surface area contributed by atoms with Crippen LogP contribution in [0.15, 0.2) is 24.3 Å². The van der Waals surface area contributed by atoms with E-state index in [2.05, 4.69) is 4.90 Å². The van der Waals surface area contributed by atoms with Crippen molar-refractivity contribution in [3.63, 3.8) is 0 Å². The van der Waals surface area contributed by atoms with Gasteiger partial charge in [-0.15, -0.1) is 0 Å². The van der Waals surface area contributed by atoms with Gasteiger partial charge in [0.25, 0.3) is 17.7 Å². The van der Waals surface area contributed by atoms with Crippen molar-refractivity contribution in [1.82, 2.24) is 19.3 Å². The van der Waals surface area contributed by atoms with Gasteiger partial charge in [-0.1, -0.05) is 0 Å². The molecule has 0 bridgehead atoms. The summed E-state index contributed by atoms with van der Waals surface area (Å²) in [5.74, 6) is -3.78. The Kier molecular flexibility index (Phi) is 6.93. The Morgan fingerprint density at radius 1 is 0.865 bits per heavy atom. The highest BCUT2D eigenvalue weighted by atomic mass is 19.4. The van der Waals surface area contributed by atoms with E-state index in [1.165, 1.54) is 42.0 Å². The van der Waals surface area contributed by atoms with Crippen molar-refractivity contribution in [1.29, 1.82) is 0 Å². The van der Waals surface area contributed by atoms with Gasteiger partial charge in [-0.2, -0.15) is 13.2 Å². The van der Waals surface area contributed by atoms with E-state index in [4.69, 9.17) is 0 Å². The number of carbonyl (C=O) groups excluding carboxylic acids is 2. The van der Waals surface area contributed by atoms with Gasteiger partial charge in [-0.05, 0) is 63.0 Å². The number of hydrogen-bond acceptors (Lipinski definition) is 3. The fraction of sp³-hybridized carbons (Fsp3) is 0.615. The van der Waals surface area contributed by atoms with Gasteiger partial charge < -0.3 is 19.3 Å². The monoisotopic (exact) mass is 526 g/mol. The number of benzene rings is 1. The lowest BCUT2D eigenvalue weighted by molar-refractivity contribution is -0.140. The quantitative estimate of drug-likeness (QED) is 0.539. The molecule has 0 aliphatic carbocycles. The molecular formula is C26H31F5N4O2. The van der Waals surface area contributed by atoms with Gasteiger partial charge >= 0.3 is 6.18 Å². The maximum atomic E-state index is 13.6. The lowest BCUT2D eigenvalue weighted by atomic mass is 10.0. The van der Waals surface area contributed by atoms with E-state index in [9.17, 15) is 31.5 Å². The van der Waals surface area contributed by atoms with E-state index >= 15 is 0 Å². The third-order valence-electron chi connectivity index (χ3n) is 7.90. The summed E-state index contributed by atoms with van der Waals surface area (Å²) in [5, 5.41) is 0.341. The molecule has 2 amide bonds. The number of halogens is 5. The summed E-state index contributed by atoms with van der Waals surface area (Å²) in [4.78, 5) is 31.8. The Hall–Kier alpha value is -2.69. The van der Waals surface area contributed by atoms with E-state index in [1.807, 2.05) is 0 Å². The normalized spacial score (nSPS) is 21.6. The zero-order valence-electron chi connectivity index (χ0n) is 20.6. The van der Waals surface area contributed by atoms with E-state index in [0.717, 1.165) is 30.5 Å². The molecule has 1 aromatic heterocycles. The highest BCUT2D eigenvalue weighted by Gasteiger charge is 2.38. The Morgan fingerprint density at radius 3 is 2.11 bits per heavy atom. The van der Waals surface area contributed by atoms with Gasteiger partial charge in [0.2, 0.25) is 0 Å². The fourth-order valence-corrected chi connectivity index (χ4v) is 5.85. The first-order valence-corrected chi connectivity index (χ1v) is 12.9. The lowest BCUT2D eigenvalue weighted by Crippen LogP contribution is -2.45. The van der Waals surface area contributed by atoms with Crippen molar-refractivity contribution >= 4 is 22.7 Å². The number of aromatic nitrogens is 1. The smallest absolute Gasteiger partial charge is 0.339 e. The van der Waals surface area contributed by atoms with E-state index in [0.29, 0.717) is 30.1 Å². The summed E-state index contributed by atoms with van der Waals surface area (Å²) in [6, 6.07) is 6.28. The molecule has 202 valence electrons. The van der Waals surface area contributed by atoms with Crippen LogP contribution in [0.3, 0.4) is 0 Å². The van der Waals surface area contributed by atoms with Crippen molar-refractivity contribution in [3.8, 4) is 0 Å². The third kappa shape index (κ3) is 5.61. The minimum atomic E-state index is -4.59. The number of piperidine rings is 2. The van der Waals surface area contributed by atoms with Crippen molar-refractivity contribution in [2.24, 2.45) is 0 Å². The summed E-state index contributed by atoms with van der Waals surface area (Å²) in [6.45, 7) is 1.61. The zero-order valence-corrected chi connectivity index (χ0v) is 20.6. The second-order valence-electron chi connectivity index (χ2n) is 10.4. The Labute approximate surface area is 212 Å². The minimum absolute atomic E-state index is 0.173. The standard InChI is InChI=1S/C26H31F5N4O2/c27-25(28)7-13-34(14-8-25)24(37)22-16-19-15-18(3-4-21(19)35(22)17-26(29,30)31)23(36)33-11-5-20(6-12-33)32-9-1-2-10-32/h3-4,15-16,20H,1-2,5-14,17H2. The molecule has 0 spiro atoms. The topological polar surface area (TPSA) is 48.8 Å². The summed E-state index contributed by atoms with van der Waals surface area (Å²) < 4.78 is 68.2. The van der Waals surface area contributed by atoms with Crippen LogP contribution in [-0.4, -0.2) is 88.5 Å². The van der Waals surface area contributed by atoms with Gasteiger partial charge in [-0.3, -0.25) is 9.59 Å². The molecular weight excluding hydrogens is 495 g/mol. The lowest BCUT2D eigenvalue weighted by Gasteiger charge is -2.36. The minimum Gasteiger partial charge on any atom is -0.339 e. The maximum Gasteiger partial charge on any atom is 0.406 e. The summed E-state index contributed by atoms with van der Waals surface area (Å²) in [7, 11) is 0. The fourth-order valence-electron chi connectivity index (χ4n) is 5.85. The average molecular weight is 527 g/mol. The van der Waals surface area contributed by atoms with Crippen LogP contribution in [0, 0.1) is 0 Å². The van der Waals surface area contributed by atoms with Gasteiger partial charge in [0.1, 0.15) is 12.2 Å². The largest absolute Gasteiger partial charge is 0.406 e. The van der Waals surface area contributed by atoms with Crippen molar-refractivity contribution in [3.05, 3.63) is 35.5 Å². The Bertz CT molecular complexity index is 1150. The van der Waals surface area contributed by atoms with Crippen LogP contribution in [0.2, 0.25) is 0 Å². The first-order valence-electron chi connectivity index (χ1n) is 12.9. The second-order valence-corrected chi connectivity index (χ2v) is 10.4. The summed E-state index contributed by atoms with van der Waals surface area (Å²) in [5.41, 5.74) is 0.314. The molecule has 3 aliphatic heterocycles. The predicted molar refractivity (Wildman–Crippen MR) is 128 cm³/mol.